The van der Waals surface area contributed by atoms with Crippen molar-refractivity contribution in [2.45, 2.75) is 38.5 Å². The average Bonchev–Trinajstić information content (AvgIpc) is 2.63. The molecule has 0 fully saturated rings. The maximum Gasteiger partial charge on any atom is -0.0116 e. The van der Waals surface area contributed by atoms with Gasteiger partial charge in [0.2, 0.25) is 0 Å². The van der Waals surface area contributed by atoms with Gasteiger partial charge >= 0.3 is 0 Å². The highest BCUT2D eigenvalue weighted by Crippen LogP contribution is 2.32. The molecule has 0 saturated heterocycles. The molecule has 3 rings (SSSR count). The van der Waals surface area contributed by atoms with Gasteiger partial charge in [0.25, 0.3) is 0 Å². The molecule has 0 radical (unpaired) electrons. The van der Waals surface area contributed by atoms with Gasteiger partial charge in [-0.05, 0) is 48.3 Å². The van der Waals surface area contributed by atoms with Gasteiger partial charge < -0.3 is 0 Å². The first kappa shape index (κ1) is 16.5. The predicted octanol–water partition coefficient (Wildman–Crippen LogP) is 6.52. The zero-order chi connectivity index (χ0) is 16.8. The number of hydrogen-bond acceptors (Lipinski definition) is 0. The molecule has 0 bridgehead atoms. The molecule has 2 unspecified atom stereocenters. The molecule has 122 valence electrons. The minimum atomic E-state index is 0.545. The molecule has 0 aliphatic heterocycles. The number of rotatable bonds is 6. The fourth-order valence-electron chi connectivity index (χ4n) is 3.53. The van der Waals surface area contributed by atoms with E-state index in [1.165, 1.54) is 28.7 Å². The summed E-state index contributed by atoms with van der Waals surface area (Å²) >= 11 is 0. The van der Waals surface area contributed by atoms with Crippen LogP contribution in [0.25, 0.3) is 0 Å². The molecule has 0 aromatic heterocycles. The van der Waals surface area contributed by atoms with Crippen molar-refractivity contribution in [2.24, 2.45) is 0 Å². The molecule has 0 heteroatoms. The van der Waals surface area contributed by atoms with Gasteiger partial charge in [-0.2, -0.15) is 0 Å². The molecule has 0 heterocycles. The maximum absolute atomic E-state index is 2.35. The highest BCUT2D eigenvalue weighted by atomic mass is 14.2. The van der Waals surface area contributed by atoms with Crippen molar-refractivity contribution in [2.75, 3.05) is 0 Å². The van der Waals surface area contributed by atoms with Gasteiger partial charge in [-0.15, -0.1) is 0 Å². The Bertz CT molecular complexity index is 743. The molecule has 24 heavy (non-hydrogen) atoms. The van der Waals surface area contributed by atoms with Crippen LogP contribution in [0.4, 0.5) is 0 Å². The lowest BCUT2D eigenvalue weighted by molar-refractivity contribution is 0.555. The second-order valence-electron chi connectivity index (χ2n) is 6.85. The molecule has 0 spiro atoms. The van der Waals surface area contributed by atoms with E-state index in [1.54, 1.807) is 0 Å². The summed E-state index contributed by atoms with van der Waals surface area (Å²) in [6.07, 6.45) is 2.27. The van der Waals surface area contributed by atoms with E-state index in [0.29, 0.717) is 11.8 Å². The molecular weight excluding hydrogens is 288 g/mol. The summed E-state index contributed by atoms with van der Waals surface area (Å²) in [6, 6.07) is 30.8. The van der Waals surface area contributed by atoms with Crippen LogP contribution in [0.3, 0.4) is 0 Å². The van der Waals surface area contributed by atoms with E-state index < -0.39 is 0 Å². The molecule has 2 atom stereocenters. The van der Waals surface area contributed by atoms with Gasteiger partial charge in [0.1, 0.15) is 0 Å². The van der Waals surface area contributed by atoms with Gasteiger partial charge in [0.05, 0.1) is 0 Å². The first-order valence-corrected chi connectivity index (χ1v) is 8.88. The van der Waals surface area contributed by atoms with Crippen LogP contribution in [0.15, 0.2) is 84.9 Å². The summed E-state index contributed by atoms with van der Waals surface area (Å²) in [5.74, 6) is 1.10. The molecular formula is C24H26. The third-order valence-corrected chi connectivity index (χ3v) is 4.84. The van der Waals surface area contributed by atoms with Gasteiger partial charge in [-0.1, -0.05) is 97.4 Å². The summed E-state index contributed by atoms with van der Waals surface area (Å²) in [6.45, 7) is 4.52. The van der Waals surface area contributed by atoms with Crippen LogP contribution >= 0.6 is 0 Å². The van der Waals surface area contributed by atoms with E-state index >= 15 is 0 Å². The fraction of sp³-hybridized carbons (Fsp3) is 0.250. The van der Waals surface area contributed by atoms with Crippen molar-refractivity contribution in [3.8, 4) is 0 Å². The van der Waals surface area contributed by atoms with E-state index in [9.17, 15) is 0 Å². The molecule has 0 nitrogen and oxygen atoms in total. The average molecular weight is 314 g/mol. The minimum Gasteiger partial charge on any atom is -0.0622 e. The number of aryl methyl sites for hydroxylation is 1. The lowest BCUT2D eigenvalue weighted by Crippen LogP contribution is -2.08. The Labute approximate surface area is 146 Å². The van der Waals surface area contributed by atoms with Crippen LogP contribution in [0, 0.1) is 6.92 Å². The molecule has 3 aromatic rings. The van der Waals surface area contributed by atoms with E-state index in [-0.39, 0.29) is 0 Å². The standard InChI is InChI=1S/C24H26/c1-19-10-9-11-21(16-19)18-24(23-14-7-4-8-15-23)17-20(2)22-12-5-3-6-13-22/h3-16,20,24H,17-18H2,1-2H3. The molecule has 0 aliphatic carbocycles. The molecule has 3 aromatic carbocycles. The summed E-state index contributed by atoms with van der Waals surface area (Å²) in [4.78, 5) is 0. The molecule has 0 amide bonds. The van der Waals surface area contributed by atoms with E-state index in [0.717, 1.165) is 6.42 Å². The second kappa shape index (κ2) is 7.97. The SMILES string of the molecule is Cc1cccc(CC(CC(C)c2ccccc2)c2ccccc2)c1. The summed E-state index contributed by atoms with van der Waals surface area (Å²) in [5, 5.41) is 0. The Morgan fingerprint density at radius 2 is 1.33 bits per heavy atom. The van der Waals surface area contributed by atoms with Crippen LogP contribution in [0.5, 0.6) is 0 Å². The third-order valence-electron chi connectivity index (χ3n) is 4.84. The third kappa shape index (κ3) is 4.35. The van der Waals surface area contributed by atoms with Crippen LogP contribution in [-0.2, 0) is 6.42 Å². The Morgan fingerprint density at radius 3 is 1.96 bits per heavy atom. The van der Waals surface area contributed by atoms with Crippen molar-refractivity contribution < 1.29 is 0 Å². The van der Waals surface area contributed by atoms with Crippen molar-refractivity contribution >= 4 is 0 Å². The van der Waals surface area contributed by atoms with Crippen LogP contribution < -0.4 is 0 Å². The Hall–Kier alpha value is -2.34. The van der Waals surface area contributed by atoms with Gasteiger partial charge in [-0.3, -0.25) is 0 Å². The number of benzene rings is 3. The summed E-state index contributed by atoms with van der Waals surface area (Å²) < 4.78 is 0. The van der Waals surface area contributed by atoms with Crippen molar-refractivity contribution in [1.82, 2.24) is 0 Å². The number of hydrogen-bond donors (Lipinski definition) is 0. The zero-order valence-corrected chi connectivity index (χ0v) is 14.7. The van der Waals surface area contributed by atoms with E-state index in [4.69, 9.17) is 0 Å². The molecule has 0 N–H and O–H groups in total. The van der Waals surface area contributed by atoms with Gasteiger partial charge in [0, 0.05) is 0 Å². The largest absolute Gasteiger partial charge is 0.0622 e. The monoisotopic (exact) mass is 314 g/mol. The first-order valence-electron chi connectivity index (χ1n) is 8.88. The first-order chi connectivity index (χ1) is 11.7. The normalized spacial score (nSPS) is 13.4. The fourth-order valence-corrected chi connectivity index (χ4v) is 3.53. The van der Waals surface area contributed by atoms with Crippen LogP contribution in [0.1, 0.15) is 47.4 Å². The van der Waals surface area contributed by atoms with E-state index in [2.05, 4.69) is 98.8 Å². The topological polar surface area (TPSA) is 0 Å². The van der Waals surface area contributed by atoms with Gasteiger partial charge in [-0.25, -0.2) is 0 Å². The summed E-state index contributed by atoms with van der Waals surface area (Å²) in [7, 11) is 0. The van der Waals surface area contributed by atoms with Crippen LogP contribution in [-0.4, -0.2) is 0 Å². The Balaban J connectivity index is 1.82. The molecule has 0 saturated carbocycles. The Morgan fingerprint density at radius 1 is 0.708 bits per heavy atom. The lowest BCUT2D eigenvalue weighted by atomic mass is 9.82. The highest BCUT2D eigenvalue weighted by molar-refractivity contribution is 5.28. The van der Waals surface area contributed by atoms with Crippen molar-refractivity contribution in [1.29, 1.82) is 0 Å². The maximum atomic E-state index is 2.35. The molecule has 0 aliphatic rings. The van der Waals surface area contributed by atoms with E-state index in [1.807, 2.05) is 0 Å². The quantitative estimate of drug-likeness (QED) is 0.486. The lowest BCUT2D eigenvalue weighted by Gasteiger charge is -2.22. The minimum absolute atomic E-state index is 0.545. The Kier molecular flexibility index (Phi) is 5.48. The van der Waals surface area contributed by atoms with Crippen molar-refractivity contribution in [3.63, 3.8) is 0 Å². The zero-order valence-electron chi connectivity index (χ0n) is 14.7. The highest BCUT2D eigenvalue weighted by Gasteiger charge is 2.17. The van der Waals surface area contributed by atoms with Gasteiger partial charge in [0.15, 0.2) is 0 Å². The van der Waals surface area contributed by atoms with Crippen molar-refractivity contribution in [3.05, 3.63) is 107 Å². The van der Waals surface area contributed by atoms with Crippen LogP contribution in [0.2, 0.25) is 0 Å². The second-order valence-corrected chi connectivity index (χ2v) is 6.85. The smallest absolute Gasteiger partial charge is 0.0116 e. The predicted molar refractivity (Wildman–Crippen MR) is 104 cm³/mol. The summed E-state index contributed by atoms with van der Waals surface area (Å²) in [5.41, 5.74) is 5.66.